The van der Waals surface area contributed by atoms with E-state index in [1.54, 1.807) is 0 Å². The van der Waals surface area contributed by atoms with Crippen molar-refractivity contribution in [3.63, 3.8) is 0 Å². The van der Waals surface area contributed by atoms with Crippen LogP contribution in [0.2, 0.25) is 0 Å². The van der Waals surface area contributed by atoms with Crippen LogP contribution in [0.25, 0.3) is 0 Å². The fraction of sp³-hybridized carbons (Fsp3) is 0. The summed E-state index contributed by atoms with van der Waals surface area (Å²) in [4.78, 5) is 0. The molecule has 10 heavy (non-hydrogen) atoms. The molecule has 0 aromatic rings. The molecule has 10 heteroatoms. The average molecular weight is 235 g/mol. The van der Waals surface area contributed by atoms with Crippen LogP contribution < -0.4 is 0 Å². The van der Waals surface area contributed by atoms with E-state index in [0.29, 0.717) is 0 Å². The molecule has 0 fully saturated rings. The summed E-state index contributed by atoms with van der Waals surface area (Å²) in [5.74, 6) is 0. The van der Waals surface area contributed by atoms with Crippen LogP contribution in [-0.4, -0.2) is 25.9 Å². The SMILES string of the molecule is O=S(=O)([O-])OS(=O)(=O)[O-].[Co+2]. The van der Waals surface area contributed by atoms with Gasteiger partial charge in [0, 0.05) is 0 Å². The average Bonchev–Trinajstić information content (AvgIpc) is 1.14. The first-order valence-corrected chi connectivity index (χ1v) is 4.00. The van der Waals surface area contributed by atoms with Gasteiger partial charge in [-0.2, -0.15) is 3.63 Å². The maximum absolute atomic E-state index is 9.29. The van der Waals surface area contributed by atoms with Gasteiger partial charge >= 0.3 is 16.8 Å². The van der Waals surface area contributed by atoms with Gasteiger partial charge in [-0.3, -0.25) is 0 Å². The van der Waals surface area contributed by atoms with Crippen molar-refractivity contribution in [1.29, 1.82) is 0 Å². The molecule has 0 aliphatic rings. The molecule has 0 saturated heterocycles. The van der Waals surface area contributed by atoms with Crippen LogP contribution in [-0.2, 0) is 41.2 Å². The van der Waals surface area contributed by atoms with Crippen molar-refractivity contribution in [2.75, 3.05) is 0 Å². The summed E-state index contributed by atoms with van der Waals surface area (Å²) < 4.78 is 58.2. The number of hydrogen-bond donors (Lipinski definition) is 0. The Balaban J connectivity index is 0. The first-order chi connectivity index (χ1) is 3.71. The summed E-state index contributed by atoms with van der Waals surface area (Å²) in [6, 6.07) is 0. The van der Waals surface area contributed by atoms with Gasteiger partial charge in [0.05, 0.1) is 0 Å². The van der Waals surface area contributed by atoms with Gasteiger partial charge in [0.2, 0.25) is 20.8 Å². The second-order valence-electron chi connectivity index (χ2n) is 0.885. The molecule has 0 heterocycles. The minimum absolute atomic E-state index is 0. The Bertz CT molecular complexity index is 237. The largest absolute Gasteiger partial charge is 2.00 e. The Labute approximate surface area is 67.5 Å². The van der Waals surface area contributed by atoms with Crippen molar-refractivity contribution in [1.82, 2.24) is 0 Å². The van der Waals surface area contributed by atoms with E-state index < -0.39 is 20.8 Å². The zero-order chi connectivity index (χ0) is 7.71. The van der Waals surface area contributed by atoms with E-state index in [0.717, 1.165) is 0 Å². The van der Waals surface area contributed by atoms with E-state index >= 15 is 0 Å². The Hall–Kier alpha value is 0.286. The van der Waals surface area contributed by atoms with Gasteiger partial charge in [0.25, 0.3) is 0 Å². The van der Waals surface area contributed by atoms with Gasteiger partial charge in [0.15, 0.2) is 0 Å². The van der Waals surface area contributed by atoms with E-state index in [1.807, 2.05) is 0 Å². The first kappa shape index (κ1) is 12.9. The topological polar surface area (TPSA) is 124 Å². The Morgan fingerprint density at radius 3 is 1.10 bits per heavy atom. The van der Waals surface area contributed by atoms with Crippen LogP contribution in [0.3, 0.4) is 0 Å². The summed E-state index contributed by atoms with van der Waals surface area (Å²) >= 11 is 0. The molecule has 0 saturated carbocycles. The van der Waals surface area contributed by atoms with Crippen LogP contribution in [0.5, 0.6) is 0 Å². The zero-order valence-electron chi connectivity index (χ0n) is 4.01. The van der Waals surface area contributed by atoms with E-state index in [9.17, 15) is 25.9 Å². The minimum Gasteiger partial charge on any atom is -0.725 e. The van der Waals surface area contributed by atoms with Gasteiger partial charge in [0.1, 0.15) is 0 Å². The predicted octanol–water partition coefficient (Wildman–Crippen LogP) is -2.08. The van der Waals surface area contributed by atoms with E-state index in [2.05, 4.69) is 3.63 Å². The summed E-state index contributed by atoms with van der Waals surface area (Å²) in [6.07, 6.45) is 0. The van der Waals surface area contributed by atoms with Gasteiger partial charge in [-0.15, -0.1) is 0 Å². The molecule has 0 spiro atoms. The number of hydrogen-bond acceptors (Lipinski definition) is 7. The van der Waals surface area contributed by atoms with Crippen LogP contribution >= 0.6 is 0 Å². The monoisotopic (exact) mass is 235 g/mol. The van der Waals surface area contributed by atoms with E-state index in [4.69, 9.17) is 0 Å². The molecule has 0 amide bonds. The quantitative estimate of drug-likeness (QED) is 0.397. The first-order valence-electron chi connectivity index (χ1n) is 1.33. The third-order valence-corrected chi connectivity index (χ3v) is 1.50. The van der Waals surface area contributed by atoms with Crippen molar-refractivity contribution >= 4 is 20.8 Å². The number of rotatable bonds is 2. The standard InChI is InChI=1S/Co.H2O7S2/c;1-8(2,3)7-9(4,5)6/h;(H,1,2,3)(H,4,5,6)/q+2;/p-2. The van der Waals surface area contributed by atoms with Crippen molar-refractivity contribution in [2.45, 2.75) is 0 Å². The molecule has 0 atom stereocenters. The Morgan fingerprint density at radius 2 is 1.10 bits per heavy atom. The van der Waals surface area contributed by atoms with Gasteiger partial charge in [-0.25, -0.2) is 16.8 Å². The molecule has 0 N–H and O–H groups in total. The maximum Gasteiger partial charge on any atom is 2.00 e. The molecule has 7 nitrogen and oxygen atoms in total. The van der Waals surface area contributed by atoms with Crippen LogP contribution in [0, 0.1) is 0 Å². The Kier molecular flexibility index (Phi) is 4.67. The van der Waals surface area contributed by atoms with Gasteiger partial charge in [-0.05, 0) is 0 Å². The molecule has 1 radical (unpaired) electrons. The molecule has 0 aromatic carbocycles. The predicted molar refractivity (Wildman–Crippen MR) is 20.5 cm³/mol. The molecule has 0 bridgehead atoms. The molecular weight excluding hydrogens is 235 g/mol. The summed E-state index contributed by atoms with van der Waals surface area (Å²) in [6.45, 7) is 0. The Morgan fingerprint density at radius 1 is 0.900 bits per heavy atom. The van der Waals surface area contributed by atoms with Gasteiger partial charge < -0.3 is 9.11 Å². The normalized spacial score (nSPS) is 12.2. The van der Waals surface area contributed by atoms with Crippen molar-refractivity contribution in [3.05, 3.63) is 0 Å². The second-order valence-corrected chi connectivity index (χ2v) is 3.06. The molecule has 0 rings (SSSR count). The van der Waals surface area contributed by atoms with E-state index in [-0.39, 0.29) is 16.8 Å². The van der Waals surface area contributed by atoms with Gasteiger partial charge in [-0.1, -0.05) is 0 Å². The van der Waals surface area contributed by atoms with Crippen molar-refractivity contribution < 1.29 is 46.3 Å². The summed E-state index contributed by atoms with van der Waals surface area (Å²) in [5, 5.41) is 0. The molecule has 63 valence electrons. The second kappa shape index (κ2) is 3.61. The molecule has 0 unspecified atom stereocenters. The zero-order valence-corrected chi connectivity index (χ0v) is 6.68. The van der Waals surface area contributed by atoms with E-state index in [1.165, 1.54) is 0 Å². The van der Waals surface area contributed by atoms with Crippen molar-refractivity contribution in [3.8, 4) is 0 Å². The van der Waals surface area contributed by atoms with Crippen LogP contribution in [0.1, 0.15) is 0 Å². The third kappa shape index (κ3) is 11.1. The maximum atomic E-state index is 9.29. The molecule has 0 aliphatic heterocycles. The molecular formula is CoO7S2. The van der Waals surface area contributed by atoms with Crippen LogP contribution in [0.4, 0.5) is 0 Å². The fourth-order valence-corrected chi connectivity index (χ4v) is 0.919. The van der Waals surface area contributed by atoms with Crippen molar-refractivity contribution in [2.24, 2.45) is 0 Å². The smallest absolute Gasteiger partial charge is 0.725 e. The minimum atomic E-state index is -5.43. The van der Waals surface area contributed by atoms with Crippen LogP contribution in [0.15, 0.2) is 0 Å². The summed E-state index contributed by atoms with van der Waals surface area (Å²) in [7, 11) is -10.9. The summed E-state index contributed by atoms with van der Waals surface area (Å²) in [5.41, 5.74) is 0. The fourth-order valence-electron chi connectivity index (χ4n) is 0.102. The third-order valence-electron chi connectivity index (χ3n) is 0.167. The molecule has 0 aliphatic carbocycles. The molecule has 0 aromatic heterocycles.